The first-order valence-corrected chi connectivity index (χ1v) is 7.59. The van der Waals surface area contributed by atoms with Crippen molar-refractivity contribution < 1.29 is 9.18 Å². The molecule has 0 spiro atoms. The first-order chi connectivity index (χ1) is 9.63. The fourth-order valence-electron chi connectivity index (χ4n) is 2.50. The Kier molecular flexibility index (Phi) is 3.74. The molecular formula is C16H13FINO. The van der Waals surface area contributed by atoms with Crippen molar-refractivity contribution in [3.05, 3.63) is 62.5 Å². The average Bonchev–Trinajstić information content (AvgIpc) is 2.89. The normalized spacial score (nSPS) is 13.1. The highest BCUT2D eigenvalue weighted by Gasteiger charge is 2.14. The van der Waals surface area contributed by atoms with Crippen molar-refractivity contribution in [2.24, 2.45) is 0 Å². The molecule has 0 bridgehead atoms. The summed E-state index contributed by atoms with van der Waals surface area (Å²) in [6, 6.07) is 10.2. The second kappa shape index (κ2) is 5.52. The van der Waals surface area contributed by atoms with Gasteiger partial charge < -0.3 is 5.32 Å². The van der Waals surface area contributed by atoms with Gasteiger partial charge in [-0.2, -0.15) is 0 Å². The van der Waals surface area contributed by atoms with E-state index in [-0.39, 0.29) is 11.7 Å². The molecule has 0 aliphatic heterocycles. The van der Waals surface area contributed by atoms with Gasteiger partial charge in [-0.1, -0.05) is 6.07 Å². The summed E-state index contributed by atoms with van der Waals surface area (Å²) in [5, 5.41) is 2.83. The van der Waals surface area contributed by atoms with Crippen molar-refractivity contribution in [1.29, 1.82) is 0 Å². The van der Waals surface area contributed by atoms with E-state index in [1.54, 1.807) is 6.07 Å². The molecule has 0 fully saturated rings. The van der Waals surface area contributed by atoms with Crippen LogP contribution in [-0.4, -0.2) is 5.91 Å². The second-order valence-electron chi connectivity index (χ2n) is 4.92. The predicted octanol–water partition coefficient (Wildman–Crippen LogP) is 4.17. The molecule has 0 heterocycles. The number of hydrogen-bond acceptors (Lipinski definition) is 1. The van der Waals surface area contributed by atoms with Crippen molar-refractivity contribution in [2.75, 3.05) is 5.32 Å². The van der Waals surface area contributed by atoms with Gasteiger partial charge in [0.15, 0.2) is 0 Å². The monoisotopic (exact) mass is 381 g/mol. The highest BCUT2D eigenvalue weighted by atomic mass is 127. The highest BCUT2D eigenvalue weighted by molar-refractivity contribution is 14.1. The molecule has 0 saturated carbocycles. The minimum atomic E-state index is -0.301. The summed E-state index contributed by atoms with van der Waals surface area (Å²) in [6.45, 7) is 0. The van der Waals surface area contributed by atoms with Crippen LogP contribution in [0.25, 0.3) is 0 Å². The smallest absolute Gasteiger partial charge is 0.255 e. The van der Waals surface area contributed by atoms with Gasteiger partial charge in [-0.05, 0) is 83.3 Å². The molecular weight excluding hydrogens is 368 g/mol. The van der Waals surface area contributed by atoms with E-state index in [1.165, 1.54) is 23.3 Å². The van der Waals surface area contributed by atoms with Crippen molar-refractivity contribution in [3.8, 4) is 0 Å². The number of rotatable bonds is 2. The van der Waals surface area contributed by atoms with Gasteiger partial charge in [-0.25, -0.2) is 4.39 Å². The summed E-state index contributed by atoms with van der Waals surface area (Å²) in [5.74, 6) is -0.450. The van der Waals surface area contributed by atoms with Crippen LogP contribution in [0.1, 0.15) is 27.9 Å². The lowest BCUT2D eigenvalue weighted by Crippen LogP contribution is -2.13. The Balaban J connectivity index is 1.82. The SMILES string of the molecule is O=C(Nc1ccc(F)cc1I)c1ccc2c(c1)CCC2. The number of anilines is 1. The first-order valence-electron chi connectivity index (χ1n) is 6.52. The molecule has 2 nitrogen and oxygen atoms in total. The van der Waals surface area contributed by atoms with Crippen LogP contribution >= 0.6 is 22.6 Å². The third-order valence-corrected chi connectivity index (χ3v) is 4.43. The van der Waals surface area contributed by atoms with E-state index in [4.69, 9.17) is 0 Å². The minimum absolute atomic E-state index is 0.149. The number of aryl methyl sites for hydroxylation is 2. The van der Waals surface area contributed by atoms with Crippen LogP contribution in [0.3, 0.4) is 0 Å². The van der Waals surface area contributed by atoms with Crippen molar-refractivity contribution >= 4 is 34.2 Å². The summed E-state index contributed by atoms with van der Waals surface area (Å²) >= 11 is 2.01. The number of benzene rings is 2. The number of halogens is 2. The fourth-order valence-corrected chi connectivity index (χ4v) is 3.11. The summed E-state index contributed by atoms with van der Waals surface area (Å²) in [4.78, 5) is 12.2. The van der Waals surface area contributed by atoms with Crippen LogP contribution in [0.5, 0.6) is 0 Å². The van der Waals surface area contributed by atoms with E-state index in [9.17, 15) is 9.18 Å². The molecule has 102 valence electrons. The van der Waals surface area contributed by atoms with E-state index in [1.807, 2.05) is 40.8 Å². The van der Waals surface area contributed by atoms with E-state index >= 15 is 0 Å². The van der Waals surface area contributed by atoms with Crippen molar-refractivity contribution in [2.45, 2.75) is 19.3 Å². The molecule has 1 aliphatic rings. The van der Waals surface area contributed by atoms with Crippen molar-refractivity contribution in [1.82, 2.24) is 0 Å². The Morgan fingerprint density at radius 3 is 2.70 bits per heavy atom. The molecule has 4 heteroatoms. The summed E-state index contributed by atoms with van der Waals surface area (Å²) < 4.78 is 13.7. The maximum Gasteiger partial charge on any atom is 0.255 e. The third-order valence-electron chi connectivity index (χ3n) is 3.54. The predicted molar refractivity (Wildman–Crippen MR) is 85.5 cm³/mol. The number of carbonyl (C=O) groups excluding carboxylic acids is 1. The molecule has 0 atom stereocenters. The largest absolute Gasteiger partial charge is 0.321 e. The van der Waals surface area contributed by atoms with Crippen LogP contribution in [0.15, 0.2) is 36.4 Å². The quantitative estimate of drug-likeness (QED) is 0.778. The molecule has 1 aliphatic carbocycles. The zero-order valence-corrected chi connectivity index (χ0v) is 12.9. The van der Waals surface area contributed by atoms with E-state index in [0.717, 1.165) is 19.3 Å². The Morgan fingerprint density at radius 1 is 1.10 bits per heavy atom. The Labute approximate surface area is 130 Å². The minimum Gasteiger partial charge on any atom is -0.321 e. The van der Waals surface area contributed by atoms with Gasteiger partial charge in [0.2, 0.25) is 0 Å². The summed E-state index contributed by atoms with van der Waals surface area (Å²) in [5.41, 5.74) is 3.91. The van der Waals surface area contributed by atoms with Gasteiger partial charge in [-0.3, -0.25) is 4.79 Å². The molecule has 3 rings (SSSR count). The lowest BCUT2D eigenvalue weighted by atomic mass is 10.1. The molecule has 2 aromatic rings. The van der Waals surface area contributed by atoms with Crippen LogP contribution in [0.4, 0.5) is 10.1 Å². The topological polar surface area (TPSA) is 29.1 Å². The van der Waals surface area contributed by atoms with Crippen molar-refractivity contribution in [3.63, 3.8) is 0 Å². The van der Waals surface area contributed by atoms with Gasteiger partial charge in [0.25, 0.3) is 5.91 Å². The van der Waals surface area contributed by atoms with E-state index in [0.29, 0.717) is 14.8 Å². The molecule has 1 amide bonds. The van der Waals surface area contributed by atoms with Gasteiger partial charge in [-0.15, -0.1) is 0 Å². The van der Waals surface area contributed by atoms with Gasteiger partial charge in [0.05, 0.1) is 5.69 Å². The van der Waals surface area contributed by atoms with Crippen LogP contribution in [0.2, 0.25) is 0 Å². The van der Waals surface area contributed by atoms with E-state index < -0.39 is 0 Å². The average molecular weight is 381 g/mol. The van der Waals surface area contributed by atoms with Crippen LogP contribution < -0.4 is 5.32 Å². The Bertz CT molecular complexity index is 684. The molecule has 0 unspecified atom stereocenters. The number of fused-ring (bicyclic) bond motifs is 1. The number of hydrogen-bond donors (Lipinski definition) is 1. The number of amides is 1. The van der Waals surface area contributed by atoms with E-state index in [2.05, 4.69) is 5.32 Å². The molecule has 0 saturated heterocycles. The van der Waals surface area contributed by atoms with Gasteiger partial charge in [0.1, 0.15) is 5.82 Å². The number of carbonyl (C=O) groups is 1. The molecule has 1 N–H and O–H groups in total. The highest BCUT2D eigenvalue weighted by Crippen LogP contribution is 2.24. The fraction of sp³-hybridized carbons (Fsp3) is 0.188. The van der Waals surface area contributed by atoms with Crippen LogP contribution in [-0.2, 0) is 12.8 Å². The molecule has 20 heavy (non-hydrogen) atoms. The third kappa shape index (κ3) is 2.70. The standard InChI is InChI=1S/C16H13FINO/c17-13-6-7-15(14(18)9-13)19-16(20)12-5-4-10-2-1-3-11(10)8-12/h4-9H,1-3H2,(H,19,20). The van der Waals surface area contributed by atoms with Gasteiger partial charge in [0, 0.05) is 9.13 Å². The maximum atomic E-state index is 13.0. The molecule has 0 radical (unpaired) electrons. The van der Waals surface area contributed by atoms with Crippen LogP contribution in [0, 0.1) is 9.39 Å². The lowest BCUT2D eigenvalue weighted by Gasteiger charge is -2.09. The van der Waals surface area contributed by atoms with Gasteiger partial charge >= 0.3 is 0 Å². The molecule has 0 aromatic heterocycles. The lowest BCUT2D eigenvalue weighted by molar-refractivity contribution is 0.102. The number of nitrogens with one attached hydrogen (secondary N) is 1. The zero-order chi connectivity index (χ0) is 14.1. The Hall–Kier alpha value is -1.43. The zero-order valence-electron chi connectivity index (χ0n) is 10.7. The Morgan fingerprint density at radius 2 is 1.90 bits per heavy atom. The summed E-state index contributed by atoms with van der Waals surface area (Å²) in [6.07, 6.45) is 3.31. The maximum absolute atomic E-state index is 13.0. The summed E-state index contributed by atoms with van der Waals surface area (Å²) in [7, 11) is 0. The first kappa shape index (κ1) is 13.5. The second-order valence-corrected chi connectivity index (χ2v) is 6.08. The molecule has 2 aromatic carbocycles.